The molecule has 5 heteroatoms. The smallest absolute Gasteiger partial charge is 0.182 e. The third-order valence-electron chi connectivity index (χ3n) is 2.16. The fourth-order valence-electron chi connectivity index (χ4n) is 1.42. The van der Waals surface area contributed by atoms with Crippen LogP contribution in [0.4, 0.5) is 0 Å². The third kappa shape index (κ3) is 1.86. The van der Waals surface area contributed by atoms with Crippen LogP contribution in [0.1, 0.15) is 17.4 Å². The maximum atomic E-state index is 11.3. The molecule has 0 aliphatic rings. The zero-order chi connectivity index (χ0) is 11.5. The highest BCUT2D eigenvalue weighted by Gasteiger charge is 2.16. The van der Waals surface area contributed by atoms with Crippen molar-refractivity contribution in [2.75, 3.05) is 6.26 Å². The Balaban J connectivity index is 2.54. The van der Waals surface area contributed by atoms with E-state index in [-0.39, 0.29) is 5.78 Å². The number of thioether (sulfide) groups is 1. The Morgan fingerprint density at radius 3 is 2.56 bits per heavy atom. The van der Waals surface area contributed by atoms with Crippen molar-refractivity contribution in [3.05, 3.63) is 36.0 Å². The number of Topliss-reactive ketones (excluding diaryl/α,β-unsaturated/α-hetero) is 1. The summed E-state index contributed by atoms with van der Waals surface area (Å²) in [5.41, 5.74) is 1.34. The molecule has 1 aromatic carbocycles. The first-order valence-corrected chi connectivity index (χ1v) is 6.02. The summed E-state index contributed by atoms with van der Waals surface area (Å²) in [5.74, 6) is -0.0634. The number of carbonyl (C=O) groups excluding carboxylic acids is 1. The molecule has 0 saturated heterocycles. The second-order valence-electron chi connectivity index (χ2n) is 3.25. The fraction of sp³-hybridized carbons (Fsp3) is 0.182. The maximum Gasteiger partial charge on any atom is 0.182 e. The molecule has 4 nitrogen and oxygen atoms in total. The molecular weight excluding hydrogens is 222 g/mol. The van der Waals surface area contributed by atoms with Crippen LogP contribution < -0.4 is 0 Å². The normalized spacial score (nSPS) is 10.4. The highest BCUT2D eigenvalue weighted by molar-refractivity contribution is 7.98. The van der Waals surface area contributed by atoms with Crippen molar-refractivity contribution in [1.82, 2.24) is 15.0 Å². The van der Waals surface area contributed by atoms with E-state index in [1.807, 2.05) is 36.6 Å². The van der Waals surface area contributed by atoms with E-state index in [1.165, 1.54) is 18.7 Å². The molecule has 2 rings (SSSR count). The van der Waals surface area contributed by atoms with Gasteiger partial charge in [-0.3, -0.25) is 4.79 Å². The number of ketones is 1. The average molecular weight is 233 g/mol. The molecule has 1 heterocycles. The highest BCUT2D eigenvalue weighted by Crippen LogP contribution is 2.22. The summed E-state index contributed by atoms with van der Waals surface area (Å²) < 4.78 is 1.68. The first-order valence-electron chi connectivity index (χ1n) is 4.80. The van der Waals surface area contributed by atoms with Crippen molar-refractivity contribution in [2.45, 2.75) is 11.9 Å². The van der Waals surface area contributed by atoms with Crippen LogP contribution in [0, 0.1) is 0 Å². The molecule has 0 fully saturated rings. The number of carbonyl (C=O) groups is 1. The van der Waals surface area contributed by atoms with Gasteiger partial charge in [-0.2, -0.15) is 0 Å². The van der Waals surface area contributed by atoms with Crippen LogP contribution in [0.5, 0.6) is 0 Å². The summed E-state index contributed by atoms with van der Waals surface area (Å²) >= 11 is 1.47. The van der Waals surface area contributed by atoms with Gasteiger partial charge in [-0.25, -0.2) is 4.68 Å². The van der Waals surface area contributed by atoms with Crippen LogP contribution in [0.2, 0.25) is 0 Å². The highest BCUT2D eigenvalue weighted by atomic mass is 32.2. The maximum absolute atomic E-state index is 11.3. The molecule has 0 unspecified atom stereocenters. The van der Waals surface area contributed by atoms with E-state index in [2.05, 4.69) is 10.3 Å². The summed E-state index contributed by atoms with van der Waals surface area (Å²) in [6.07, 6.45) is 1.91. The standard InChI is InChI=1S/C11H11N3OS/c1-8(15)10-11(16-2)14(13-12-10)9-6-4-3-5-7-9/h3-7H,1-2H3. The number of hydrogen-bond donors (Lipinski definition) is 0. The summed E-state index contributed by atoms with van der Waals surface area (Å²) in [4.78, 5) is 11.3. The van der Waals surface area contributed by atoms with Crippen LogP contribution in [-0.4, -0.2) is 27.0 Å². The van der Waals surface area contributed by atoms with E-state index in [0.29, 0.717) is 5.69 Å². The molecule has 0 aliphatic heterocycles. The number of aromatic nitrogens is 3. The van der Waals surface area contributed by atoms with Crippen LogP contribution in [-0.2, 0) is 0 Å². The van der Waals surface area contributed by atoms with E-state index >= 15 is 0 Å². The molecule has 82 valence electrons. The zero-order valence-electron chi connectivity index (χ0n) is 9.04. The van der Waals surface area contributed by atoms with Gasteiger partial charge in [-0.15, -0.1) is 16.9 Å². The summed E-state index contributed by atoms with van der Waals surface area (Å²) in [7, 11) is 0. The largest absolute Gasteiger partial charge is 0.293 e. The lowest BCUT2D eigenvalue weighted by Gasteiger charge is -2.03. The molecular formula is C11H11N3OS. The average Bonchev–Trinajstić information content (AvgIpc) is 2.73. The molecule has 0 atom stereocenters. The molecule has 16 heavy (non-hydrogen) atoms. The lowest BCUT2D eigenvalue weighted by Crippen LogP contribution is -1.99. The molecule has 0 spiro atoms. The van der Waals surface area contributed by atoms with Crippen LogP contribution in [0.15, 0.2) is 35.4 Å². The molecule has 2 aromatic rings. The SMILES string of the molecule is CSc1c(C(C)=O)nnn1-c1ccccc1. The van der Waals surface area contributed by atoms with E-state index < -0.39 is 0 Å². The Labute approximate surface area is 97.7 Å². The summed E-state index contributed by atoms with van der Waals surface area (Å²) in [6.45, 7) is 1.50. The minimum Gasteiger partial charge on any atom is -0.293 e. The second-order valence-corrected chi connectivity index (χ2v) is 4.05. The Morgan fingerprint density at radius 2 is 2.00 bits per heavy atom. The predicted molar refractivity (Wildman–Crippen MR) is 63.1 cm³/mol. The van der Waals surface area contributed by atoms with Crippen molar-refractivity contribution in [3.63, 3.8) is 0 Å². The van der Waals surface area contributed by atoms with E-state index in [9.17, 15) is 4.79 Å². The monoisotopic (exact) mass is 233 g/mol. The van der Waals surface area contributed by atoms with Crippen LogP contribution in [0.3, 0.4) is 0 Å². The van der Waals surface area contributed by atoms with Crippen molar-refractivity contribution in [3.8, 4) is 5.69 Å². The number of rotatable bonds is 3. The third-order valence-corrected chi connectivity index (χ3v) is 2.91. The molecule has 0 bridgehead atoms. The molecule has 0 amide bonds. The second kappa shape index (κ2) is 4.49. The van der Waals surface area contributed by atoms with Gasteiger partial charge in [0.1, 0.15) is 5.03 Å². The van der Waals surface area contributed by atoms with E-state index in [1.54, 1.807) is 4.68 Å². The first-order chi connectivity index (χ1) is 7.74. The van der Waals surface area contributed by atoms with E-state index in [4.69, 9.17) is 0 Å². The van der Waals surface area contributed by atoms with Gasteiger partial charge in [0.25, 0.3) is 0 Å². The number of hydrogen-bond acceptors (Lipinski definition) is 4. The van der Waals surface area contributed by atoms with Gasteiger partial charge in [-0.1, -0.05) is 23.4 Å². The minimum atomic E-state index is -0.0634. The van der Waals surface area contributed by atoms with Gasteiger partial charge in [0, 0.05) is 6.92 Å². The van der Waals surface area contributed by atoms with Gasteiger partial charge in [0.2, 0.25) is 0 Å². The quantitative estimate of drug-likeness (QED) is 0.602. The molecule has 0 saturated carbocycles. The minimum absolute atomic E-state index is 0.0634. The van der Waals surface area contributed by atoms with Gasteiger partial charge < -0.3 is 0 Å². The first kappa shape index (κ1) is 10.9. The lowest BCUT2D eigenvalue weighted by molar-refractivity contribution is 0.101. The predicted octanol–water partition coefficient (Wildman–Crippen LogP) is 2.19. The van der Waals surface area contributed by atoms with Crippen molar-refractivity contribution >= 4 is 17.5 Å². The number of nitrogens with zero attached hydrogens (tertiary/aromatic N) is 3. The number of para-hydroxylation sites is 1. The van der Waals surface area contributed by atoms with E-state index in [0.717, 1.165) is 10.7 Å². The van der Waals surface area contributed by atoms with Gasteiger partial charge in [0.05, 0.1) is 5.69 Å². The van der Waals surface area contributed by atoms with Crippen LogP contribution >= 0.6 is 11.8 Å². The van der Waals surface area contributed by atoms with Gasteiger partial charge >= 0.3 is 0 Å². The lowest BCUT2D eigenvalue weighted by atomic mass is 10.3. The van der Waals surface area contributed by atoms with Gasteiger partial charge in [-0.05, 0) is 18.4 Å². The number of benzene rings is 1. The Bertz CT molecular complexity index is 507. The molecule has 0 radical (unpaired) electrons. The van der Waals surface area contributed by atoms with Crippen molar-refractivity contribution < 1.29 is 4.79 Å². The van der Waals surface area contributed by atoms with Crippen molar-refractivity contribution in [2.24, 2.45) is 0 Å². The Morgan fingerprint density at radius 1 is 1.31 bits per heavy atom. The molecule has 0 N–H and O–H groups in total. The Hall–Kier alpha value is -1.62. The topological polar surface area (TPSA) is 47.8 Å². The fourth-order valence-corrected chi connectivity index (χ4v) is 2.11. The molecule has 1 aromatic heterocycles. The molecule has 0 aliphatic carbocycles. The van der Waals surface area contributed by atoms with Gasteiger partial charge in [0.15, 0.2) is 11.5 Å². The Kier molecular flexibility index (Phi) is 3.05. The summed E-state index contributed by atoms with van der Waals surface area (Å²) in [6, 6.07) is 9.64. The van der Waals surface area contributed by atoms with Crippen molar-refractivity contribution in [1.29, 1.82) is 0 Å². The van der Waals surface area contributed by atoms with Crippen LogP contribution in [0.25, 0.3) is 5.69 Å². The zero-order valence-corrected chi connectivity index (χ0v) is 9.86. The summed E-state index contributed by atoms with van der Waals surface area (Å²) in [5, 5.41) is 8.69.